The van der Waals surface area contributed by atoms with Crippen LogP contribution in [0.1, 0.15) is 52.4 Å². The van der Waals surface area contributed by atoms with Crippen LogP contribution in [0.2, 0.25) is 0 Å². The summed E-state index contributed by atoms with van der Waals surface area (Å²) in [7, 11) is 0. The number of hydrogen-bond donors (Lipinski definition) is 1. The molecule has 1 saturated carbocycles. The van der Waals surface area contributed by atoms with E-state index in [1.165, 1.54) is 12.8 Å². The van der Waals surface area contributed by atoms with E-state index in [1.807, 2.05) is 0 Å². The van der Waals surface area contributed by atoms with Crippen molar-refractivity contribution in [1.82, 2.24) is 5.32 Å². The van der Waals surface area contributed by atoms with E-state index in [1.54, 1.807) is 6.92 Å². The van der Waals surface area contributed by atoms with Gasteiger partial charge in [0.05, 0.1) is 6.61 Å². The van der Waals surface area contributed by atoms with E-state index in [-0.39, 0.29) is 24.3 Å². The van der Waals surface area contributed by atoms with Crippen LogP contribution in [0, 0.1) is 11.8 Å². The minimum absolute atomic E-state index is 0.000389. The summed E-state index contributed by atoms with van der Waals surface area (Å²) in [5.41, 5.74) is 0. The molecule has 2 atom stereocenters. The Hall–Kier alpha value is -1.06. The molecular formula is C14H25NO3. The molecule has 0 saturated heterocycles. The van der Waals surface area contributed by atoms with Gasteiger partial charge in [0, 0.05) is 5.92 Å². The lowest BCUT2D eigenvalue weighted by molar-refractivity contribution is -0.144. The van der Waals surface area contributed by atoms with Gasteiger partial charge in [-0.2, -0.15) is 0 Å². The molecule has 0 aromatic rings. The molecule has 0 spiro atoms. The van der Waals surface area contributed by atoms with Gasteiger partial charge in [0.2, 0.25) is 5.91 Å². The first-order valence-corrected chi connectivity index (χ1v) is 7.12. The lowest BCUT2D eigenvalue weighted by Crippen LogP contribution is -2.38. The molecular weight excluding hydrogens is 230 g/mol. The molecule has 0 radical (unpaired) electrons. The van der Waals surface area contributed by atoms with Crippen molar-refractivity contribution in [2.45, 2.75) is 52.4 Å². The monoisotopic (exact) mass is 255 g/mol. The topological polar surface area (TPSA) is 55.4 Å². The van der Waals surface area contributed by atoms with Crippen molar-refractivity contribution >= 4 is 11.9 Å². The zero-order chi connectivity index (χ0) is 13.4. The van der Waals surface area contributed by atoms with Crippen LogP contribution in [-0.2, 0) is 14.3 Å². The van der Waals surface area contributed by atoms with Crippen LogP contribution in [0.4, 0.5) is 0 Å². The van der Waals surface area contributed by atoms with Crippen molar-refractivity contribution in [3.05, 3.63) is 0 Å². The normalized spacial score (nSPS) is 24.1. The molecule has 1 rings (SSSR count). The van der Waals surface area contributed by atoms with Crippen LogP contribution in [-0.4, -0.2) is 25.0 Å². The Kier molecular flexibility index (Phi) is 6.76. The maximum atomic E-state index is 12.1. The summed E-state index contributed by atoms with van der Waals surface area (Å²) in [6, 6.07) is 0. The maximum absolute atomic E-state index is 12.1. The number of nitrogens with one attached hydrogen (secondary N) is 1. The second kappa shape index (κ2) is 8.11. The molecule has 1 fully saturated rings. The highest BCUT2D eigenvalue weighted by molar-refractivity contribution is 5.83. The van der Waals surface area contributed by atoms with Crippen LogP contribution < -0.4 is 5.32 Å². The minimum atomic E-state index is -0.354. The second-order valence-corrected chi connectivity index (χ2v) is 4.94. The average molecular weight is 255 g/mol. The quantitative estimate of drug-likeness (QED) is 0.605. The van der Waals surface area contributed by atoms with Crippen molar-refractivity contribution in [2.24, 2.45) is 11.8 Å². The van der Waals surface area contributed by atoms with Crippen LogP contribution in [0.3, 0.4) is 0 Å². The molecule has 0 heterocycles. The first-order valence-electron chi connectivity index (χ1n) is 7.12. The maximum Gasteiger partial charge on any atom is 0.325 e. The predicted molar refractivity (Wildman–Crippen MR) is 70.0 cm³/mol. The molecule has 0 aliphatic heterocycles. The smallest absolute Gasteiger partial charge is 0.325 e. The number of hydrogen-bond acceptors (Lipinski definition) is 3. The van der Waals surface area contributed by atoms with Gasteiger partial charge in [0.15, 0.2) is 0 Å². The fourth-order valence-corrected chi connectivity index (χ4v) is 2.72. The van der Waals surface area contributed by atoms with E-state index in [0.29, 0.717) is 12.5 Å². The van der Waals surface area contributed by atoms with Gasteiger partial charge in [-0.25, -0.2) is 0 Å². The Labute approximate surface area is 109 Å². The molecule has 0 bridgehead atoms. The molecule has 0 aromatic carbocycles. The number of ether oxygens (including phenoxy) is 1. The Morgan fingerprint density at radius 3 is 2.56 bits per heavy atom. The third-order valence-electron chi connectivity index (χ3n) is 3.73. The minimum Gasteiger partial charge on any atom is -0.465 e. The zero-order valence-electron chi connectivity index (χ0n) is 11.5. The highest BCUT2D eigenvalue weighted by atomic mass is 16.5. The Balaban J connectivity index is 2.44. The van der Waals surface area contributed by atoms with Gasteiger partial charge in [-0.3, -0.25) is 9.59 Å². The highest BCUT2D eigenvalue weighted by Gasteiger charge is 2.28. The van der Waals surface area contributed by atoms with Crippen molar-refractivity contribution in [3.8, 4) is 0 Å². The van der Waals surface area contributed by atoms with Gasteiger partial charge in [-0.15, -0.1) is 0 Å². The Morgan fingerprint density at radius 1 is 1.17 bits per heavy atom. The summed E-state index contributed by atoms with van der Waals surface area (Å²) in [5, 5.41) is 2.72. The molecule has 1 aliphatic rings. The molecule has 0 aromatic heterocycles. The summed E-state index contributed by atoms with van der Waals surface area (Å²) in [6.07, 6.45) is 6.69. The fraction of sp³-hybridized carbons (Fsp3) is 0.857. The third-order valence-corrected chi connectivity index (χ3v) is 3.73. The van der Waals surface area contributed by atoms with Crippen molar-refractivity contribution in [3.63, 3.8) is 0 Å². The summed E-state index contributed by atoms with van der Waals surface area (Å²) in [5.74, 6) is 0.214. The highest BCUT2D eigenvalue weighted by Crippen LogP contribution is 2.31. The second-order valence-electron chi connectivity index (χ2n) is 4.94. The number of amides is 1. The summed E-state index contributed by atoms with van der Waals surface area (Å²) in [6.45, 7) is 4.26. The predicted octanol–water partition coefficient (Wildman–Crippen LogP) is 2.27. The first kappa shape index (κ1) is 15.0. The van der Waals surface area contributed by atoms with Gasteiger partial charge in [-0.05, 0) is 25.7 Å². The average Bonchev–Trinajstić information content (AvgIpc) is 2.61. The van der Waals surface area contributed by atoms with E-state index in [9.17, 15) is 9.59 Å². The summed E-state index contributed by atoms with van der Waals surface area (Å²) >= 11 is 0. The van der Waals surface area contributed by atoms with E-state index in [2.05, 4.69) is 12.2 Å². The number of esters is 1. The summed E-state index contributed by atoms with van der Waals surface area (Å²) in [4.78, 5) is 23.3. The van der Waals surface area contributed by atoms with Crippen molar-refractivity contribution in [1.29, 1.82) is 0 Å². The van der Waals surface area contributed by atoms with Crippen LogP contribution in [0.15, 0.2) is 0 Å². The van der Waals surface area contributed by atoms with Gasteiger partial charge in [0.25, 0.3) is 0 Å². The Morgan fingerprint density at radius 2 is 1.89 bits per heavy atom. The standard InChI is InChI=1S/C14H25NO3/c1-3-11-8-6-5-7-9-12(11)14(17)15-10-13(16)18-4-2/h11-12H,3-10H2,1-2H3,(H,15,17). The molecule has 18 heavy (non-hydrogen) atoms. The van der Waals surface area contributed by atoms with Gasteiger partial charge in [-0.1, -0.05) is 32.6 Å². The van der Waals surface area contributed by atoms with E-state index < -0.39 is 0 Å². The molecule has 104 valence electrons. The number of carbonyl (C=O) groups excluding carboxylic acids is 2. The molecule has 1 N–H and O–H groups in total. The van der Waals surface area contributed by atoms with Crippen molar-refractivity contribution < 1.29 is 14.3 Å². The van der Waals surface area contributed by atoms with Gasteiger partial charge < -0.3 is 10.1 Å². The SMILES string of the molecule is CCOC(=O)CNC(=O)C1CCCCCC1CC. The van der Waals surface area contributed by atoms with E-state index in [0.717, 1.165) is 25.7 Å². The zero-order valence-corrected chi connectivity index (χ0v) is 11.5. The van der Waals surface area contributed by atoms with Crippen LogP contribution in [0.5, 0.6) is 0 Å². The van der Waals surface area contributed by atoms with Crippen molar-refractivity contribution in [2.75, 3.05) is 13.2 Å². The van der Waals surface area contributed by atoms with Crippen LogP contribution >= 0.6 is 0 Å². The lowest BCUT2D eigenvalue weighted by Gasteiger charge is -2.22. The first-order chi connectivity index (χ1) is 8.69. The number of rotatable bonds is 5. The van der Waals surface area contributed by atoms with Crippen LogP contribution in [0.25, 0.3) is 0 Å². The Bertz CT molecular complexity index is 278. The number of carbonyl (C=O) groups is 2. The van der Waals surface area contributed by atoms with Gasteiger partial charge in [0.1, 0.15) is 6.54 Å². The lowest BCUT2D eigenvalue weighted by atomic mass is 9.85. The molecule has 2 unspecified atom stereocenters. The largest absolute Gasteiger partial charge is 0.465 e. The molecule has 4 nitrogen and oxygen atoms in total. The van der Waals surface area contributed by atoms with Gasteiger partial charge >= 0.3 is 5.97 Å². The third kappa shape index (κ3) is 4.67. The molecule has 4 heteroatoms. The molecule has 1 amide bonds. The molecule has 1 aliphatic carbocycles. The van der Waals surface area contributed by atoms with E-state index in [4.69, 9.17) is 4.74 Å². The van der Waals surface area contributed by atoms with E-state index >= 15 is 0 Å². The summed E-state index contributed by atoms with van der Waals surface area (Å²) < 4.78 is 4.80. The fourth-order valence-electron chi connectivity index (χ4n) is 2.72.